The Morgan fingerprint density at radius 2 is 2.27 bits per heavy atom. The molecule has 0 spiro atoms. The molecule has 0 atom stereocenters. The minimum atomic E-state index is 0.962. The van der Waals surface area contributed by atoms with Gasteiger partial charge in [-0.15, -0.1) is 0 Å². The summed E-state index contributed by atoms with van der Waals surface area (Å²) in [6.45, 7) is 1.96. The molecule has 0 unspecified atom stereocenters. The number of thiophene rings is 1. The van der Waals surface area contributed by atoms with Gasteiger partial charge in [0.2, 0.25) is 0 Å². The van der Waals surface area contributed by atoms with Crippen molar-refractivity contribution in [2.45, 2.75) is 13.0 Å². The molecule has 1 N–H and O–H groups in total. The molecule has 0 radical (unpaired) electrons. The van der Waals surface area contributed by atoms with Gasteiger partial charge in [-0.3, -0.25) is 4.98 Å². The molecule has 0 aliphatic heterocycles. The zero-order valence-electron chi connectivity index (χ0n) is 8.52. The predicted molar refractivity (Wildman–Crippen MR) is 64.0 cm³/mol. The molecular formula is C12H14N2S. The molecule has 2 nitrogen and oxygen atoms in total. The summed E-state index contributed by atoms with van der Waals surface area (Å²) in [6, 6.07) is 6.25. The van der Waals surface area contributed by atoms with E-state index in [1.165, 1.54) is 11.1 Å². The van der Waals surface area contributed by atoms with Crippen molar-refractivity contribution in [2.75, 3.05) is 6.54 Å². The highest BCUT2D eigenvalue weighted by Crippen LogP contribution is 2.04. The monoisotopic (exact) mass is 218 g/mol. The number of nitrogens with zero attached hydrogens (tertiary/aromatic N) is 1. The van der Waals surface area contributed by atoms with Crippen LogP contribution in [0.5, 0.6) is 0 Å². The number of hydrogen-bond donors (Lipinski definition) is 1. The Morgan fingerprint density at radius 1 is 1.27 bits per heavy atom. The maximum Gasteiger partial charge on any atom is 0.0300 e. The third kappa shape index (κ3) is 3.46. The molecule has 2 aromatic rings. The van der Waals surface area contributed by atoms with Crippen LogP contribution in [0.1, 0.15) is 11.1 Å². The van der Waals surface area contributed by atoms with Crippen molar-refractivity contribution in [3.8, 4) is 0 Å². The lowest BCUT2D eigenvalue weighted by molar-refractivity contribution is 0.687. The summed E-state index contributed by atoms with van der Waals surface area (Å²) in [4.78, 5) is 4.09. The molecule has 3 heteroatoms. The van der Waals surface area contributed by atoms with E-state index in [0.29, 0.717) is 0 Å². The Morgan fingerprint density at radius 3 is 3.00 bits per heavy atom. The first kappa shape index (κ1) is 10.3. The van der Waals surface area contributed by atoms with E-state index in [9.17, 15) is 0 Å². The van der Waals surface area contributed by atoms with E-state index in [1.807, 2.05) is 18.5 Å². The number of rotatable bonds is 5. The van der Waals surface area contributed by atoms with Crippen molar-refractivity contribution < 1.29 is 0 Å². The molecule has 0 aromatic carbocycles. The van der Waals surface area contributed by atoms with Crippen LogP contribution in [-0.2, 0) is 13.0 Å². The standard InChI is InChI=1S/C12H14N2S/c1-2-11(8-13-5-1)3-6-14-9-12-4-7-15-10-12/h1-2,4-5,7-8,10,14H,3,6,9H2. The fourth-order valence-corrected chi connectivity index (χ4v) is 2.07. The van der Waals surface area contributed by atoms with Crippen LogP contribution in [-0.4, -0.2) is 11.5 Å². The van der Waals surface area contributed by atoms with E-state index in [4.69, 9.17) is 0 Å². The number of hydrogen-bond acceptors (Lipinski definition) is 3. The molecule has 2 rings (SSSR count). The molecule has 78 valence electrons. The van der Waals surface area contributed by atoms with Crippen molar-refractivity contribution in [3.63, 3.8) is 0 Å². The van der Waals surface area contributed by atoms with Crippen LogP contribution in [0.2, 0.25) is 0 Å². The summed E-state index contributed by atoms with van der Waals surface area (Å²) in [5.74, 6) is 0. The summed E-state index contributed by atoms with van der Waals surface area (Å²) in [7, 11) is 0. The molecule has 0 saturated carbocycles. The fourth-order valence-electron chi connectivity index (χ4n) is 1.40. The highest BCUT2D eigenvalue weighted by atomic mass is 32.1. The van der Waals surface area contributed by atoms with Gasteiger partial charge in [-0.1, -0.05) is 6.07 Å². The normalized spacial score (nSPS) is 10.4. The van der Waals surface area contributed by atoms with Gasteiger partial charge in [-0.25, -0.2) is 0 Å². The van der Waals surface area contributed by atoms with Crippen molar-refractivity contribution in [2.24, 2.45) is 0 Å². The van der Waals surface area contributed by atoms with E-state index in [1.54, 1.807) is 11.3 Å². The summed E-state index contributed by atoms with van der Waals surface area (Å²) in [6.07, 6.45) is 4.77. The Balaban J connectivity index is 1.68. The van der Waals surface area contributed by atoms with Crippen molar-refractivity contribution in [1.29, 1.82) is 0 Å². The maximum atomic E-state index is 4.09. The molecule has 15 heavy (non-hydrogen) atoms. The molecular weight excluding hydrogens is 204 g/mol. The lowest BCUT2D eigenvalue weighted by Crippen LogP contribution is -2.16. The summed E-state index contributed by atoms with van der Waals surface area (Å²) in [5, 5.41) is 7.70. The van der Waals surface area contributed by atoms with Crippen LogP contribution in [0.25, 0.3) is 0 Å². The van der Waals surface area contributed by atoms with Gasteiger partial charge in [0.25, 0.3) is 0 Å². The molecule has 2 aromatic heterocycles. The topological polar surface area (TPSA) is 24.9 Å². The zero-order valence-corrected chi connectivity index (χ0v) is 9.33. The predicted octanol–water partition coefficient (Wildman–Crippen LogP) is 2.48. The molecule has 0 amide bonds. The van der Waals surface area contributed by atoms with Crippen LogP contribution in [0.3, 0.4) is 0 Å². The molecule has 0 fully saturated rings. The molecule has 0 aliphatic carbocycles. The van der Waals surface area contributed by atoms with Gasteiger partial charge in [-0.05, 0) is 47.0 Å². The lowest BCUT2D eigenvalue weighted by Gasteiger charge is -2.02. The van der Waals surface area contributed by atoms with Gasteiger partial charge in [0, 0.05) is 18.9 Å². The van der Waals surface area contributed by atoms with Crippen LogP contribution >= 0.6 is 11.3 Å². The fraction of sp³-hybridized carbons (Fsp3) is 0.250. The Kier molecular flexibility index (Phi) is 3.88. The van der Waals surface area contributed by atoms with Crippen LogP contribution in [0, 0.1) is 0 Å². The van der Waals surface area contributed by atoms with Crippen LogP contribution in [0.15, 0.2) is 41.4 Å². The van der Waals surface area contributed by atoms with Crippen molar-refractivity contribution >= 4 is 11.3 Å². The number of pyridine rings is 1. The minimum absolute atomic E-state index is 0.962. The molecule has 0 aliphatic rings. The minimum Gasteiger partial charge on any atom is -0.312 e. The van der Waals surface area contributed by atoms with E-state index in [2.05, 4.69) is 33.2 Å². The van der Waals surface area contributed by atoms with E-state index >= 15 is 0 Å². The highest BCUT2D eigenvalue weighted by molar-refractivity contribution is 7.07. The average molecular weight is 218 g/mol. The first-order valence-electron chi connectivity index (χ1n) is 5.06. The summed E-state index contributed by atoms with van der Waals surface area (Å²) < 4.78 is 0. The van der Waals surface area contributed by atoms with Gasteiger partial charge >= 0.3 is 0 Å². The maximum absolute atomic E-state index is 4.09. The first-order valence-corrected chi connectivity index (χ1v) is 6.00. The second kappa shape index (κ2) is 5.63. The second-order valence-corrected chi connectivity index (χ2v) is 4.20. The highest BCUT2D eigenvalue weighted by Gasteiger charge is 1.93. The van der Waals surface area contributed by atoms with Gasteiger partial charge < -0.3 is 5.32 Å². The Labute approximate surface area is 94.0 Å². The van der Waals surface area contributed by atoms with Crippen LogP contribution < -0.4 is 5.32 Å². The summed E-state index contributed by atoms with van der Waals surface area (Å²) in [5.41, 5.74) is 2.65. The average Bonchev–Trinajstić information content (AvgIpc) is 2.79. The van der Waals surface area contributed by atoms with Gasteiger partial charge in [-0.2, -0.15) is 11.3 Å². The number of nitrogens with one attached hydrogen (secondary N) is 1. The zero-order chi connectivity index (χ0) is 10.3. The van der Waals surface area contributed by atoms with E-state index in [-0.39, 0.29) is 0 Å². The van der Waals surface area contributed by atoms with Crippen molar-refractivity contribution in [1.82, 2.24) is 10.3 Å². The molecule has 2 heterocycles. The van der Waals surface area contributed by atoms with Gasteiger partial charge in [0.05, 0.1) is 0 Å². The van der Waals surface area contributed by atoms with E-state index in [0.717, 1.165) is 19.5 Å². The second-order valence-electron chi connectivity index (χ2n) is 3.42. The van der Waals surface area contributed by atoms with E-state index < -0.39 is 0 Å². The SMILES string of the molecule is c1cncc(CCNCc2ccsc2)c1. The quantitative estimate of drug-likeness (QED) is 0.780. The first-order chi connectivity index (χ1) is 7.45. The Hall–Kier alpha value is -1.19. The smallest absolute Gasteiger partial charge is 0.0300 e. The summed E-state index contributed by atoms with van der Waals surface area (Å²) >= 11 is 1.74. The third-order valence-electron chi connectivity index (χ3n) is 2.22. The molecule has 0 saturated heterocycles. The van der Waals surface area contributed by atoms with Gasteiger partial charge in [0.1, 0.15) is 0 Å². The number of aromatic nitrogens is 1. The molecule has 0 bridgehead atoms. The third-order valence-corrected chi connectivity index (χ3v) is 2.95. The van der Waals surface area contributed by atoms with Gasteiger partial charge in [0.15, 0.2) is 0 Å². The lowest BCUT2D eigenvalue weighted by atomic mass is 10.2. The van der Waals surface area contributed by atoms with Crippen molar-refractivity contribution in [3.05, 3.63) is 52.5 Å². The largest absolute Gasteiger partial charge is 0.312 e. The Bertz CT molecular complexity index is 370. The van der Waals surface area contributed by atoms with Crippen LogP contribution in [0.4, 0.5) is 0 Å².